The summed E-state index contributed by atoms with van der Waals surface area (Å²) in [5, 5.41) is 5.75. The van der Waals surface area contributed by atoms with Gasteiger partial charge in [-0.3, -0.25) is 9.59 Å². The lowest BCUT2D eigenvalue weighted by Gasteiger charge is -2.22. The third-order valence-electron chi connectivity index (χ3n) is 4.27. The van der Waals surface area contributed by atoms with Crippen molar-refractivity contribution >= 4 is 11.8 Å². The van der Waals surface area contributed by atoms with Crippen LogP contribution in [0, 0.1) is 12.8 Å². The van der Waals surface area contributed by atoms with Crippen molar-refractivity contribution in [1.29, 1.82) is 0 Å². The van der Waals surface area contributed by atoms with E-state index in [1.165, 1.54) is 0 Å². The molecular formula is C21H26N2O3. The summed E-state index contributed by atoms with van der Waals surface area (Å²) in [5.74, 6) is 0.223. The van der Waals surface area contributed by atoms with Crippen LogP contribution in [0.3, 0.4) is 0 Å². The summed E-state index contributed by atoms with van der Waals surface area (Å²) >= 11 is 0. The molecule has 0 heterocycles. The number of benzene rings is 2. The Bertz CT molecular complexity index is 771. The molecule has 2 N–H and O–H groups in total. The number of hydrogen-bond acceptors (Lipinski definition) is 3. The number of para-hydroxylation sites is 1. The van der Waals surface area contributed by atoms with Gasteiger partial charge in [0.2, 0.25) is 5.91 Å². The zero-order chi connectivity index (χ0) is 19.1. The molecule has 2 aromatic rings. The summed E-state index contributed by atoms with van der Waals surface area (Å²) in [6.45, 7) is 6.03. The first-order valence-electron chi connectivity index (χ1n) is 8.70. The highest BCUT2D eigenvalue weighted by atomic mass is 16.5. The fraction of sp³-hybridized carbons (Fsp3) is 0.333. The van der Waals surface area contributed by atoms with E-state index in [1.54, 1.807) is 13.2 Å². The molecule has 2 aromatic carbocycles. The summed E-state index contributed by atoms with van der Waals surface area (Å²) in [4.78, 5) is 25.2. The topological polar surface area (TPSA) is 67.4 Å². The quantitative estimate of drug-likeness (QED) is 0.803. The van der Waals surface area contributed by atoms with Crippen LogP contribution in [0.2, 0.25) is 0 Å². The summed E-state index contributed by atoms with van der Waals surface area (Å²) < 4.78 is 5.30. The van der Waals surface area contributed by atoms with Gasteiger partial charge >= 0.3 is 0 Å². The van der Waals surface area contributed by atoms with Crippen LogP contribution in [0.15, 0.2) is 48.5 Å². The summed E-state index contributed by atoms with van der Waals surface area (Å²) in [6, 6.07) is 14.2. The monoisotopic (exact) mass is 354 g/mol. The van der Waals surface area contributed by atoms with E-state index in [0.717, 1.165) is 16.9 Å². The van der Waals surface area contributed by atoms with Crippen LogP contribution < -0.4 is 15.4 Å². The third-order valence-corrected chi connectivity index (χ3v) is 4.27. The largest absolute Gasteiger partial charge is 0.496 e. The van der Waals surface area contributed by atoms with E-state index in [4.69, 9.17) is 4.74 Å². The number of amides is 2. The number of hydrogen-bond donors (Lipinski definition) is 2. The van der Waals surface area contributed by atoms with Crippen LogP contribution in [0.5, 0.6) is 5.75 Å². The Hall–Kier alpha value is -2.82. The Morgan fingerprint density at radius 1 is 1.04 bits per heavy atom. The molecule has 0 aliphatic rings. The van der Waals surface area contributed by atoms with Gasteiger partial charge in [0.25, 0.3) is 5.91 Å². The lowest BCUT2D eigenvalue weighted by atomic mass is 10.0. The lowest BCUT2D eigenvalue weighted by molar-refractivity contribution is -0.124. The summed E-state index contributed by atoms with van der Waals surface area (Å²) in [5.41, 5.74) is 2.34. The Morgan fingerprint density at radius 2 is 1.69 bits per heavy atom. The molecule has 0 aliphatic heterocycles. The smallest absolute Gasteiger partial charge is 0.252 e. The lowest BCUT2D eigenvalue weighted by Crippen LogP contribution is -2.49. The Kier molecular flexibility index (Phi) is 6.78. The van der Waals surface area contributed by atoms with Crippen LogP contribution >= 0.6 is 0 Å². The van der Waals surface area contributed by atoms with Crippen molar-refractivity contribution in [2.24, 2.45) is 5.92 Å². The molecule has 0 aliphatic carbocycles. The SMILES string of the molecule is COc1ccccc1CNC(=O)[C@@H](NC(=O)c1ccccc1C)C(C)C. The fourth-order valence-electron chi connectivity index (χ4n) is 2.72. The maximum Gasteiger partial charge on any atom is 0.252 e. The number of carbonyl (C=O) groups is 2. The van der Waals surface area contributed by atoms with E-state index in [1.807, 2.05) is 63.2 Å². The number of ether oxygens (including phenoxy) is 1. The first-order valence-corrected chi connectivity index (χ1v) is 8.70. The van der Waals surface area contributed by atoms with Gasteiger partial charge in [0.15, 0.2) is 0 Å². The predicted molar refractivity (Wildman–Crippen MR) is 102 cm³/mol. The molecule has 0 spiro atoms. The normalized spacial score (nSPS) is 11.7. The van der Waals surface area contributed by atoms with Gasteiger partial charge in [-0.2, -0.15) is 0 Å². The second-order valence-corrected chi connectivity index (χ2v) is 6.54. The highest BCUT2D eigenvalue weighted by Gasteiger charge is 2.25. The van der Waals surface area contributed by atoms with Gasteiger partial charge in [0.05, 0.1) is 7.11 Å². The molecule has 5 nitrogen and oxygen atoms in total. The zero-order valence-corrected chi connectivity index (χ0v) is 15.7. The number of aryl methyl sites for hydroxylation is 1. The fourth-order valence-corrected chi connectivity index (χ4v) is 2.72. The van der Waals surface area contributed by atoms with Crippen molar-refractivity contribution in [3.8, 4) is 5.75 Å². The molecule has 26 heavy (non-hydrogen) atoms. The highest BCUT2D eigenvalue weighted by Crippen LogP contribution is 2.17. The minimum absolute atomic E-state index is 0.0411. The van der Waals surface area contributed by atoms with Crippen molar-refractivity contribution < 1.29 is 14.3 Å². The number of rotatable bonds is 7. The van der Waals surface area contributed by atoms with Crippen LogP contribution in [-0.4, -0.2) is 25.0 Å². The molecule has 0 bridgehead atoms. The van der Waals surface area contributed by atoms with Gasteiger partial charge in [-0.05, 0) is 30.5 Å². The number of nitrogens with one attached hydrogen (secondary N) is 2. The first kappa shape index (κ1) is 19.5. The van der Waals surface area contributed by atoms with E-state index < -0.39 is 6.04 Å². The van der Waals surface area contributed by atoms with Crippen LogP contribution in [-0.2, 0) is 11.3 Å². The van der Waals surface area contributed by atoms with Crippen molar-refractivity contribution in [2.75, 3.05) is 7.11 Å². The van der Waals surface area contributed by atoms with E-state index in [0.29, 0.717) is 12.1 Å². The maximum atomic E-state index is 12.6. The van der Waals surface area contributed by atoms with Crippen LogP contribution in [0.1, 0.15) is 35.3 Å². The Balaban J connectivity index is 2.05. The van der Waals surface area contributed by atoms with Crippen LogP contribution in [0.25, 0.3) is 0 Å². The van der Waals surface area contributed by atoms with Gasteiger partial charge in [-0.25, -0.2) is 0 Å². The molecule has 0 radical (unpaired) electrons. The molecule has 2 rings (SSSR count). The molecule has 0 saturated carbocycles. The molecule has 0 fully saturated rings. The maximum absolute atomic E-state index is 12.6. The van der Waals surface area contributed by atoms with Crippen LogP contribution in [0.4, 0.5) is 0 Å². The van der Waals surface area contributed by atoms with Gasteiger partial charge in [-0.15, -0.1) is 0 Å². The van der Waals surface area contributed by atoms with Gasteiger partial charge < -0.3 is 15.4 Å². The minimum atomic E-state index is -0.614. The van der Waals surface area contributed by atoms with Gasteiger partial charge in [-0.1, -0.05) is 50.2 Å². The van der Waals surface area contributed by atoms with Crippen molar-refractivity contribution in [3.63, 3.8) is 0 Å². The average Bonchev–Trinajstić information content (AvgIpc) is 2.64. The molecule has 0 aromatic heterocycles. The zero-order valence-electron chi connectivity index (χ0n) is 15.7. The molecule has 1 atom stereocenters. The van der Waals surface area contributed by atoms with E-state index >= 15 is 0 Å². The molecule has 0 saturated heterocycles. The Labute approximate surface area is 154 Å². The van der Waals surface area contributed by atoms with Gasteiger partial charge in [0, 0.05) is 17.7 Å². The standard InChI is InChI=1S/C21H26N2O3/c1-14(2)19(23-20(24)17-11-7-5-9-15(17)3)21(25)22-13-16-10-6-8-12-18(16)26-4/h5-12,14,19H,13H2,1-4H3,(H,22,25)(H,23,24)/t19-/m0/s1. The summed E-state index contributed by atoms with van der Waals surface area (Å²) in [6.07, 6.45) is 0. The minimum Gasteiger partial charge on any atom is -0.496 e. The second-order valence-electron chi connectivity index (χ2n) is 6.54. The van der Waals surface area contributed by atoms with E-state index in [2.05, 4.69) is 10.6 Å². The second kappa shape index (κ2) is 9.04. The number of carbonyl (C=O) groups excluding carboxylic acids is 2. The van der Waals surface area contributed by atoms with Crippen molar-refractivity contribution in [3.05, 3.63) is 65.2 Å². The molecule has 2 amide bonds. The van der Waals surface area contributed by atoms with Gasteiger partial charge in [0.1, 0.15) is 11.8 Å². The molecule has 0 unspecified atom stereocenters. The third kappa shape index (κ3) is 4.85. The van der Waals surface area contributed by atoms with Crippen molar-refractivity contribution in [1.82, 2.24) is 10.6 Å². The molecule has 138 valence electrons. The Morgan fingerprint density at radius 3 is 2.35 bits per heavy atom. The number of methoxy groups -OCH3 is 1. The molecule has 5 heteroatoms. The average molecular weight is 354 g/mol. The highest BCUT2D eigenvalue weighted by molar-refractivity contribution is 5.98. The van der Waals surface area contributed by atoms with Crippen molar-refractivity contribution in [2.45, 2.75) is 33.4 Å². The van der Waals surface area contributed by atoms with E-state index in [9.17, 15) is 9.59 Å². The van der Waals surface area contributed by atoms with E-state index in [-0.39, 0.29) is 17.7 Å². The molecular weight excluding hydrogens is 328 g/mol. The predicted octanol–water partition coefficient (Wildman–Crippen LogP) is 3.07. The summed E-state index contributed by atoms with van der Waals surface area (Å²) in [7, 11) is 1.60. The first-order chi connectivity index (χ1) is 12.4.